The van der Waals surface area contributed by atoms with E-state index in [0.29, 0.717) is 36.4 Å². The van der Waals surface area contributed by atoms with Crippen LogP contribution in [-0.4, -0.2) is 35.7 Å². The van der Waals surface area contributed by atoms with Crippen molar-refractivity contribution in [2.45, 2.75) is 20.5 Å². The molecule has 1 saturated heterocycles. The largest absolute Gasteiger partial charge is 0.487 e. The number of para-hydroxylation sites is 1. The molecule has 0 spiro atoms. The van der Waals surface area contributed by atoms with Crippen LogP contribution in [-0.2, 0) is 16.1 Å². The van der Waals surface area contributed by atoms with Gasteiger partial charge in [-0.15, -0.1) is 0 Å². The van der Waals surface area contributed by atoms with Crippen LogP contribution in [0.1, 0.15) is 23.6 Å². The zero-order valence-corrected chi connectivity index (χ0v) is 25.2. The van der Waals surface area contributed by atoms with Crippen molar-refractivity contribution in [3.8, 4) is 5.75 Å². The third kappa shape index (κ3) is 7.11. The first-order valence-corrected chi connectivity index (χ1v) is 14.5. The van der Waals surface area contributed by atoms with Crippen LogP contribution in [0.5, 0.6) is 5.75 Å². The van der Waals surface area contributed by atoms with Gasteiger partial charge in [0.25, 0.3) is 5.91 Å². The van der Waals surface area contributed by atoms with E-state index < -0.39 is 0 Å². The second-order valence-corrected chi connectivity index (χ2v) is 11.4. The van der Waals surface area contributed by atoms with Crippen LogP contribution in [0.15, 0.2) is 76.6 Å². The smallest absolute Gasteiger partial charge is 0.266 e. The summed E-state index contributed by atoms with van der Waals surface area (Å²) in [5, 5.41) is 0.666. The number of carbonyl (C=O) groups excluding carboxylic acids is 1. The van der Waals surface area contributed by atoms with E-state index in [4.69, 9.17) is 14.5 Å². The van der Waals surface area contributed by atoms with Gasteiger partial charge in [0.05, 0.1) is 30.9 Å². The third-order valence-electron chi connectivity index (χ3n) is 5.32. The number of hydrogen-bond acceptors (Lipinski definition) is 5. The molecule has 3 aromatic rings. The van der Waals surface area contributed by atoms with Crippen molar-refractivity contribution in [1.29, 1.82) is 0 Å². The fourth-order valence-electron chi connectivity index (χ4n) is 3.61. The number of hydrogen-bond donors (Lipinski definition) is 0. The fourth-order valence-corrected chi connectivity index (χ4v) is 6.76. The van der Waals surface area contributed by atoms with Gasteiger partial charge in [0.1, 0.15) is 12.4 Å². The molecule has 0 unspecified atom stereocenters. The number of aryl methyl sites for hydroxylation is 1. The van der Waals surface area contributed by atoms with E-state index in [1.807, 2.05) is 61.5 Å². The summed E-state index contributed by atoms with van der Waals surface area (Å²) in [4.78, 5) is 20.4. The van der Waals surface area contributed by atoms with Gasteiger partial charge in [-0.25, -0.2) is 4.99 Å². The normalized spacial score (nSPS) is 15.8. The van der Waals surface area contributed by atoms with E-state index in [2.05, 4.69) is 70.3 Å². The lowest BCUT2D eigenvalue weighted by molar-refractivity contribution is -0.122. The Morgan fingerprint density at radius 2 is 1.78 bits per heavy atom. The Morgan fingerprint density at radius 3 is 2.47 bits per heavy atom. The lowest BCUT2D eigenvalue weighted by Crippen LogP contribution is -2.32. The molecule has 0 atom stereocenters. The van der Waals surface area contributed by atoms with Crippen LogP contribution in [0.4, 0.5) is 5.69 Å². The number of rotatable bonds is 9. The molecule has 0 bridgehead atoms. The van der Waals surface area contributed by atoms with Crippen LogP contribution in [0.3, 0.4) is 0 Å². The molecule has 36 heavy (non-hydrogen) atoms. The Bertz CT molecular complexity index is 1270. The van der Waals surface area contributed by atoms with Gasteiger partial charge in [0, 0.05) is 6.61 Å². The molecular formula is C28H26I2N2O3S. The molecule has 5 nitrogen and oxygen atoms in total. The van der Waals surface area contributed by atoms with Crippen LogP contribution in [0, 0.1) is 14.1 Å². The Balaban J connectivity index is 1.56. The molecule has 0 radical (unpaired) electrons. The predicted molar refractivity (Wildman–Crippen MR) is 165 cm³/mol. The van der Waals surface area contributed by atoms with Gasteiger partial charge in [-0.3, -0.25) is 9.69 Å². The standard InChI is InChI=1S/C28H26I2N2O3S/c1-3-34-13-12-32-27(33)25(36-28(32)31-22-10-5-4-6-11-22)17-21-15-23(29)26(24(30)16-21)35-18-20-9-7-8-19(2)14-20/h4-11,14-17H,3,12-13,18H2,1-2H3/b25-17-,31-28?. The van der Waals surface area contributed by atoms with E-state index in [-0.39, 0.29) is 5.91 Å². The highest BCUT2D eigenvalue weighted by Gasteiger charge is 2.33. The second kappa shape index (κ2) is 13.1. The average molecular weight is 724 g/mol. The van der Waals surface area contributed by atoms with Crippen molar-refractivity contribution in [2.24, 2.45) is 4.99 Å². The number of thioether (sulfide) groups is 1. The van der Waals surface area contributed by atoms with Crippen molar-refractivity contribution in [3.05, 3.63) is 95.5 Å². The first-order valence-electron chi connectivity index (χ1n) is 11.5. The Hall–Kier alpha value is -1.89. The van der Waals surface area contributed by atoms with Crippen molar-refractivity contribution in [3.63, 3.8) is 0 Å². The minimum absolute atomic E-state index is 0.0563. The minimum atomic E-state index is -0.0563. The highest BCUT2D eigenvalue weighted by Crippen LogP contribution is 2.36. The highest BCUT2D eigenvalue weighted by molar-refractivity contribution is 14.1. The van der Waals surface area contributed by atoms with Crippen LogP contribution >= 0.6 is 56.9 Å². The average Bonchev–Trinajstić information content (AvgIpc) is 3.13. The zero-order valence-electron chi connectivity index (χ0n) is 20.0. The van der Waals surface area contributed by atoms with Gasteiger partial charge >= 0.3 is 0 Å². The molecule has 1 fully saturated rings. The quantitative estimate of drug-likeness (QED) is 0.131. The highest BCUT2D eigenvalue weighted by atomic mass is 127. The topological polar surface area (TPSA) is 51.1 Å². The molecule has 0 N–H and O–H groups in total. The van der Waals surface area contributed by atoms with Gasteiger partial charge in [-0.1, -0.05) is 48.0 Å². The molecule has 1 amide bonds. The monoisotopic (exact) mass is 724 g/mol. The predicted octanol–water partition coefficient (Wildman–Crippen LogP) is 7.42. The van der Waals surface area contributed by atoms with Crippen molar-refractivity contribution in [2.75, 3.05) is 19.8 Å². The Kier molecular flexibility index (Phi) is 9.86. The molecule has 0 aromatic heterocycles. The summed E-state index contributed by atoms with van der Waals surface area (Å²) in [6.45, 7) is 6.07. The van der Waals surface area contributed by atoms with Gasteiger partial charge in [0.15, 0.2) is 5.17 Å². The number of ether oxygens (including phenoxy) is 2. The number of halogens is 2. The second-order valence-electron chi connectivity index (χ2n) is 8.09. The SMILES string of the molecule is CCOCCN1C(=O)/C(=C/c2cc(I)c(OCc3cccc(C)c3)c(I)c2)SC1=Nc1ccccc1. The van der Waals surface area contributed by atoms with E-state index in [1.54, 1.807) is 4.90 Å². The molecule has 4 rings (SSSR count). The molecule has 1 aliphatic heterocycles. The van der Waals surface area contributed by atoms with Gasteiger partial charge < -0.3 is 9.47 Å². The molecule has 0 aliphatic carbocycles. The van der Waals surface area contributed by atoms with Crippen molar-refractivity contribution in [1.82, 2.24) is 4.90 Å². The minimum Gasteiger partial charge on any atom is -0.487 e. The summed E-state index contributed by atoms with van der Waals surface area (Å²) >= 11 is 5.99. The maximum Gasteiger partial charge on any atom is 0.266 e. The first kappa shape index (κ1) is 27.2. The van der Waals surface area contributed by atoms with E-state index in [1.165, 1.54) is 17.3 Å². The Labute approximate surface area is 243 Å². The summed E-state index contributed by atoms with van der Waals surface area (Å²) in [5.41, 5.74) is 4.12. The van der Waals surface area contributed by atoms with E-state index in [9.17, 15) is 4.79 Å². The first-order chi connectivity index (χ1) is 17.4. The summed E-state index contributed by atoms with van der Waals surface area (Å²) in [6, 6.07) is 22.1. The maximum absolute atomic E-state index is 13.3. The van der Waals surface area contributed by atoms with E-state index >= 15 is 0 Å². The molecule has 0 saturated carbocycles. The van der Waals surface area contributed by atoms with Crippen LogP contribution in [0.25, 0.3) is 6.08 Å². The third-order valence-corrected chi connectivity index (χ3v) is 7.93. The number of carbonyl (C=O) groups is 1. The molecule has 3 aromatic carbocycles. The van der Waals surface area contributed by atoms with Crippen LogP contribution < -0.4 is 4.74 Å². The van der Waals surface area contributed by atoms with E-state index in [0.717, 1.165) is 29.7 Å². The lowest BCUT2D eigenvalue weighted by Gasteiger charge is -2.15. The number of benzene rings is 3. The molecule has 1 aliphatic rings. The summed E-state index contributed by atoms with van der Waals surface area (Å²) in [6.07, 6.45) is 1.93. The zero-order chi connectivity index (χ0) is 25.5. The maximum atomic E-state index is 13.3. The van der Waals surface area contributed by atoms with Gasteiger partial charge in [-0.05, 0) is 112 Å². The summed E-state index contributed by atoms with van der Waals surface area (Å²) in [7, 11) is 0. The van der Waals surface area contributed by atoms with Gasteiger partial charge in [0.2, 0.25) is 0 Å². The van der Waals surface area contributed by atoms with Crippen LogP contribution in [0.2, 0.25) is 0 Å². The number of aliphatic imine (C=N–C) groups is 1. The number of nitrogens with zero attached hydrogens (tertiary/aromatic N) is 2. The molecule has 1 heterocycles. The molecular weight excluding hydrogens is 698 g/mol. The summed E-state index contributed by atoms with van der Waals surface area (Å²) in [5.74, 6) is 0.800. The lowest BCUT2D eigenvalue weighted by atomic mass is 10.1. The molecule has 8 heteroatoms. The molecule has 186 valence electrons. The Morgan fingerprint density at radius 1 is 1.03 bits per heavy atom. The summed E-state index contributed by atoms with van der Waals surface area (Å²) < 4.78 is 13.7. The van der Waals surface area contributed by atoms with Crippen molar-refractivity contribution >= 4 is 79.8 Å². The number of amides is 1. The number of amidine groups is 1. The fraction of sp³-hybridized carbons (Fsp3) is 0.214. The van der Waals surface area contributed by atoms with Crippen molar-refractivity contribution < 1.29 is 14.3 Å². The van der Waals surface area contributed by atoms with Gasteiger partial charge in [-0.2, -0.15) is 0 Å².